The van der Waals surface area contributed by atoms with Crippen LogP contribution in [0.25, 0.3) is 0 Å². The fourth-order valence-electron chi connectivity index (χ4n) is 4.10. The molecule has 0 aromatic heterocycles. The summed E-state index contributed by atoms with van der Waals surface area (Å²) in [4.78, 5) is 2.74. The van der Waals surface area contributed by atoms with Crippen LogP contribution in [-0.2, 0) is 0 Å². The molecule has 2 saturated heterocycles. The first kappa shape index (κ1) is 13.9. The van der Waals surface area contributed by atoms with E-state index in [2.05, 4.69) is 49.2 Å². The largest absolute Gasteiger partial charge is 0.365 e. The van der Waals surface area contributed by atoms with Crippen LogP contribution >= 0.6 is 0 Å². The van der Waals surface area contributed by atoms with E-state index in [0.717, 1.165) is 18.1 Å². The van der Waals surface area contributed by atoms with Gasteiger partial charge in [-0.15, -0.1) is 0 Å². The molecule has 0 radical (unpaired) electrons. The van der Waals surface area contributed by atoms with Crippen LogP contribution in [0.15, 0.2) is 18.2 Å². The number of fused-ring (bicyclic) bond motifs is 2. The Kier molecular flexibility index (Phi) is 4.02. The minimum absolute atomic E-state index is 0.744. The third-order valence-corrected chi connectivity index (χ3v) is 5.27. The number of anilines is 1. The molecular weight excluding hydrogens is 244 g/mol. The van der Waals surface area contributed by atoms with E-state index in [0.29, 0.717) is 0 Å². The Bertz CT molecular complexity index is 454. The zero-order valence-corrected chi connectivity index (χ0v) is 13.2. The highest BCUT2D eigenvalue weighted by atomic mass is 15.2. The molecular formula is C18H28N2. The molecule has 1 aromatic carbocycles. The van der Waals surface area contributed by atoms with Gasteiger partial charge in [0.05, 0.1) is 0 Å². The standard InChI is InChI=1S/C18H28N2/c1-4-10-19-15-11-16-8-9-17(12-15)20(16)18-7-5-6-13(2)14(18)3/h5-7,15-17,19H,4,8-12H2,1-3H3. The van der Waals surface area contributed by atoms with Gasteiger partial charge in [0.25, 0.3) is 0 Å². The van der Waals surface area contributed by atoms with Crippen molar-refractivity contribution >= 4 is 5.69 Å². The Morgan fingerprint density at radius 2 is 1.85 bits per heavy atom. The zero-order chi connectivity index (χ0) is 14.1. The molecule has 2 heteroatoms. The fraction of sp³-hybridized carbons (Fsp3) is 0.667. The van der Waals surface area contributed by atoms with Crippen molar-refractivity contribution in [2.45, 2.75) is 71.0 Å². The van der Waals surface area contributed by atoms with E-state index in [4.69, 9.17) is 0 Å². The van der Waals surface area contributed by atoms with E-state index in [9.17, 15) is 0 Å². The van der Waals surface area contributed by atoms with Crippen molar-refractivity contribution in [1.29, 1.82) is 0 Å². The first-order valence-electron chi connectivity index (χ1n) is 8.28. The molecule has 2 bridgehead atoms. The Hall–Kier alpha value is -1.02. The smallest absolute Gasteiger partial charge is 0.0403 e. The molecule has 2 nitrogen and oxygen atoms in total. The van der Waals surface area contributed by atoms with E-state index in [1.807, 2.05) is 0 Å². The third kappa shape index (κ3) is 2.46. The summed E-state index contributed by atoms with van der Waals surface area (Å²) in [6.45, 7) is 7.95. The molecule has 2 heterocycles. The summed E-state index contributed by atoms with van der Waals surface area (Å²) >= 11 is 0. The van der Waals surface area contributed by atoms with Crippen molar-refractivity contribution < 1.29 is 0 Å². The molecule has 1 N–H and O–H groups in total. The van der Waals surface area contributed by atoms with E-state index in [-0.39, 0.29) is 0 Å². The fourth-order valence-corrected chi connectivity index (χ4v) is 4.10. The number of rotatable bonds is 4. The van der Waals surface area contributed by atoms with Crippen LogP contribution < -0.4 is 10.2 Å². The molecule has 1 aromatic rings. The first-order chi connectivity index (χ1) is 9.70. The monoisotopic (exact) mass is 272 g/mol. The summed E-state index contributed by atoms with van der Waals surface area (Å²) in [6.07, 6.45) is 6.64. The lowest BCUT2D eigenvalue weighted by Gasteiger charge is -2.42. The maximum absolute atomic E-state index is 3.74. The summed E-state index contributed by atoms with van der Waals surface area (Å²) in [6, 6.07) is 9.03. The van der Waals surface area contributed by atoms with Crippen molar-refractivity contribution in [1.82, 2.24) is 5.32 Å². The molecule has 110 valence electrons. The van der Waals surface area contributed by atoms with Gasteiger partial charge in [0.1, 0.15) is 0 Å². The summed E-state index contributed by atoms with van der Waals surface area (Å²) in [5.74, 6) is 0. The lowest BCUT2D eigenvalue weighted by atomic mass is 9.95. The van der Waals surface area contributed by atoms with Gasteiger partial charge in [0.2, 0.25) is 0 Å². The van der Waals surface area contributed by atoms with Crippen molar-refractivity contribution in [3.05, 3.63) is 29.3 Å². The number of nitrogens with zero attached hydrogens (tertiary/aromatic N) is 1. The summed E-state index contributed by atoms with van der Waals surface area (Å²) in [7, 11) is 0. The lowest BCUT2D eigenvalue weighted by Crippen LogP contribution is -2.49. The Balaban J connectivity index is 1.78. The molecule has 0 saturated carbocycles. The summed E-state index contributed by atoms with van der Waals surface area (Å²) in [5.41, 5.74) is 4.39. The van der Waals surface area contributed by atoms with E-state index in [1.54, 1.807) is 0 Å². The molecule has 0 aliphatic carbocycles. The summed E-state index contributed by atoms with van der Waals surface area (Å²) < 4.78 is 0. The Morgan fingerprint density at radius 1 is 1.15 bits per heavy atom. The maximum atomic E-state index is 3.74. The van der Waals surface area contributed by atoms with Crippen LogP contribution in [0, 0.1) is 13.8 Å². The van der Waals surface area contributed by atoms with Crippen molar-refractivity contribution in [3.63, 3.8) is 0 Å². The van der Waals surface area contributed by atoms with Gasteiger partial charge >= 0.3 is 0 Å². The third-order valence-electron chi connectivity index (χ3n) is 5.27. The van der Waals surface area contributed by atoms with Gasteiger partial charge in [0.15, 0.2) is 0 Å². The van der Waals surface area contributed by atoms with Crippen LogP contribution in [0.2, 0.25) is 0 Å². The van der Waals surface area contributed by atoms with Crippen LogP contribution in [-0.4, -0.2) is 24.7 Å². The van der Waals surface area contributed by atoms with E-state index < -0.39 is 0 Å². The molecule has 3 rings (SSSR count). The number of hydrogen-bond donors (Lipinski definition) is 1. The van der Waals surface area contributed by atoms with Gasteiger partial charge in [-0.2, -0.15) is 0 Å². The van der Waals surface area contributed by atoms with Gasteiger partial charge < -0.3 is 10.2 Å². The lowest BCUT2D eigenvalue weighted by molar-refractivity contribution is 0.356. The van der Waals surface area contributed by atoms with E-state index in [1.165, 1.54) is 55.5 Å². The van der Waals surface area contributed by atoms with Crippen molar-refractivity contribution in [2.75, 3.05) is 11.4 Å². The Morgan fingerprint density at radius 3 is 2.50 bits per heavy atom. The second-order valence-electron chi connectivity index (χ2n) is 6.63. The second kappa shape index (κ2) is 5.77. The number of hydrogen-bond acceptors (Lipinski definition) is 2. The highest BCUT2D eigenvalue weighted by molar-refractivity contribution is 5.58. The quantitative estimate of drug-likeness (QED) is 0.897. The maximum Gasteiger partial charge on any atom is 0.0403 e. The van der Waals surface area contributed by atoms with Crippen molar-refractivity contribution in [2.24, 2.45) is 0 Å². The van der Waals surface area contributed by atoms with Crippen LogP contribution in [0.3, 0.4) is 0 Å². The molecule has 2 fully saturated rings. The second-order valence-corrected chi connectivity index (χ2v) is 6.63. The highest BCUT2D eigenvalue weighted by Crippen LogP contribution is 2.40. The normalized spacial score (nSPS) is 28.9. The number of benzene rings is 1. The van der Waals surface area contributed by atoms with Crippen molar-refractivity contribution in [3.8, 4) is 0 Å². The molecule has 0 amide bonds. The van der Waals surface area contributed by atoms with Crippen LogP contribution in [0.4, 0.5) is 5.69 Å². The average Bonchev–Trinajstić information content (AvgIpc) is 2.70. The van der Waals surface area contributed by atoms with E-state index >= 15 is 0 Å². The summed E-state index contributed by atoms with van der Waals surface area (Å²) in [5, 5.41) is 3.74. The molecule has 20 heavy (non-hydrogen) atoms. The topological polar surface area (TPSA) is 15.3 Å². The zero-order valence-electron chi connectivity index (χ0n) is 13.2. The Labute approximate surface area is 123 Å². The number of piperidine rings is 1. The molecule has 2 unspecified atom stereocenters. The van der Waals surface area contributed by atoms with Gasteiger partial charge in [-0.1, -0.05) is 19.1 Å². The molecule has 2 aliphatic heterocycles. The van der Waals surface area contributed by atoms with Gasteiger partial charge in [-0.05, 0) is 69.7 Å². The molecule has 0 spiro atoms. The first-order valence-corrected chi connectivity index (χ1v) is 8.28. The highest BCUT2D eigenvalue weighted by Gasteiger charge is 2.40. The van der Waals surface area contributed by atoms with Crippen LogP contribution in [0.1, 0.15) is 50.2 Å². The minimum atomic E-state index is 0.744. The number of aryl methyl sites for hydroxylation is 1. The van der Waals surface area contributed by atoms with Gasteiger partial charge in [-0.25, -0.2) is 0 Å². The van der Waals surface area contributed by atoms with Gasteiger partial charge in [-0.3, -0.25) is 0 Å². The number of nitrogens with one attached hydrogen (secondary N) is 1. The SMILES string of the molecule is CCCNC1CC2CCC(C1)N2c1cccc(C)c1C. The molecule has 2 aliphatic rings. The predicted molar refractivity (Wildman–Crippen MR) is 86.5 cm³/mol. The minimum Gasteiger partial charge on any atom is -0.365 e. The molecule has 2 atom stereocenters. The van der Waals surface area contributed by atoms with Gasteiger partial charge in [0, 0.05) is 23.8 Å². The average molecular weight is 272 g/mol. The predicted octanol–water partition coefficient (Wildman–Crippen LogP) is 3.80. The van der Waals surface area contributed by atoms with Crippen LogP contribution in [0.5, 0.6) is 0 Å².